The van der Waals surface area contributed by atoms with Gasteiger partial charge in [-0.25, -0.2) is 4.98 Å². The fourth-order valence-corrected chi connectivity index (χ4v) is 2.22. The van der Waals surface area contributed by atoms with Crippen LogP contribution in [0.2, 0.25) is 0 Å². The molecule has 0 saturated heterocycles. The van der Waals surface area contributed by atoms with Crippen molar-refractivity contribution in [3.05, 3.63) is 60.6 Å². The van der Waals surface area contributed by atoms with Crippen molar-refractivity contribution in [3.63, 3.8) is 0 Å². The van der Waals surface area contributed by atoms with Gasteiger partial charge in [0.05, 0.1) is 0 Å². The number of ether oxygens (including phenoxy) is 1. The second kappa shape index (κ2) is 6.41. The number of nitrogens with zero attached hydrogens (tertiary/aromatic N) is 2. The number of pyridine rings is 2. The van der Waals surface area contributed by atoms with Crippen LogP contribution in [0.25, 0.3) is 10.8 Å². The fourth-order valence-electron chi connectivity index (χ4n) is 2.22. The number of carboxylic acid groups (broad SMARTS) is 1. The number of carboxylic acids is 1. The summed E-state index contributed by atoms with van der Waals surface area (Å²) in [5.41, 5.74) is 6.36. The number of fused-ring (bicyclic) bond motifs is 1. The molecule has 0 spiro atoms. The second-order valence-electron chi connectivity index (χ2n) is 5.11. The summed E-state index contributed by atoms with van der Waals surface area (Å²) in [5.74, 6) is 0.105. The first kappa shape index (κ1) is 14.9. The number of aromatic nitrogens is 2. The van der Waals surface area contributed by atoms with Crippen molar-refractivity contribution >= 4 is 16.7 Å². The van der Waals surface area contributed by atoms with Gasteiger partial charge in [0.1, 0.15) is 11.8 Å². The Balaban J connectivity index is 1.79. The molecule has 6 nitrogen and oxygen atoms in total. The molecule has 0 unspecified atom stereocenters. The van der Waals surface area contributed by atoms with E-state index in [0.717, 1.165) is 16.3 Å². The molecular weight excluding hydrogens is 294 g/mol. The normalized spacial score (nSPS) is 12.0. The maximum Gasteiger partial charge on any atom is 0.320 e. The summed E-state index contributed by atoms with van der Waals surface area (Å²) in [7, 11) is 0. The average molecular weight is 309 g/mol. The van der Waals surface area contributed by atoms with E-state index in [2.05, 4.69) is 9.97 Å². The molecule has 2 heterocycles. The molecule has 3 aromatic rings. The van der Waals surface area contributed by atoms with Crippen LogP contribution in [0.3, 0.4) is 0 Å². The van der Waals surface area contributed by atoms with Gasteiger partial charge in [0.2, 0.25) is 5.88 Å². The molecule has 3 rings (SSSR count). The Kier molecular flexibility index (Phi) is 4.16. The molecule has 6 heteroatoms. The summed E-state index contributed by atoms with van der Waals surface area (Å²) >= 11 is 0. The minimum Gasteiger partial charge on any atom is -0.480 e. The summed E-state index contributed by atoms with van der Waals surface area (Å²) in [6.45, 7) is 0. The van der Waals surface area contributed by atoms with Gasteiger partial charge in [-0.1, -0.05) is 12.1 Å². The zero-order valence-electron chi connectivity index (χ0n) is 12.2. The van der Waals surface area contributed by atoms with Gasteiger partial charge in [-0.15, -0.1) is 0 Å². The van der Waals surface area contributed by atoms with Crippen LogP contribution in [0.4, 0.5) is 0 Å². The zero-order chi connectivity index (χ0) is 16.2. The van der Waals surface area contributed by atoms with Gasteiger partial charge in [-0.05, 0) is 36.2 Å². The number of benzene rings is 1. The van der Waals surface area contributed by atoms with Gasteiger partial charge in [0, 0.05) is 29.4 Å². The molecule has 116 valence electrons. The van der Waals surface area contributed by atoms with Crippen LogP contribution in [0.1, 0.15) is 5.56 Å². The van der Waals surface area contributed by atoms with Crippen molar-refractivity contribution in [2.45, 2.75) is 12.5 Å². The Morgan fingerprint density at radius 1 is 1.17 bits per heavy atom. The SMILES string of the molecule is N[C@@H](Cc1ccc(Oc2nccc3cnccc23)cc1)C(=O)O. The van der Waals surface area contributed by atoms with Gasteiger partial charge in [-0.3, -0.25) is 9.78 Å². The maximum atomic E-state index is 10.8. The van der Waals surface area contributed by atoms with Crippen molar-refractivity contribution in [2.75, 3.05) is 0 Å². The van der Waals surface area contributed by atoms with Gasteiger partial charge in [-0.2, -0.15) is 0 Å². The summed E-state index contributed by atoms with van der Waals surface area (Å²) in [4.78, 5) is 19.1. The largest absolute Gasteiger partial charge is 0.480 e. The number of hydrogen-bond donors (Lipinski definition) is 2. The first-order valence-corrected chi connectivity index (χ1v) is 7.07. The third-order valence-corrected chi connectivity index (χ3v) is 3.44. The monoisotopic (exact) mass is 309 g/mol. The van der Waals surface area contributed by atoms with Crippen LogP contribution in [-0.4, -0.2) is 27.1 Å². The number of rotatable bonds is 5. The highest BCUT2D eigenvalue weighted by molar-refractivity contribution is 5.85. The van der Waals surface area contributed by atoms with Crippen molar-refractivity contribution < 1.29 is 14.6 Å². The molecule has 0 radical (unpaired) electrons. The third kappa shape index (κ3) is 3.44. The van der Waals surface area contributed by atoms with E-state index < -0.39 is 12.0 Å². The molecule has 3 N–H and O–H groups in total. The van der Waals surface area contributed by atoms with Crippen LogP contribution < -0.4 is 10.5 Å². The summed E-state index contributed by atoms with van der Waals surface area (Å²) in [6, 6.07) is 9.94. The minimum absolute atomic E-state index is 0.272. The second-order valence-corrected chi connectivity index (χ2v) is 5.11. The molecule has 0 fully saturated rings. The molecule has 0 amide bonds. The molecule has 0 saturated carbocycles. The highest BCUT2D eigenvalue weighted by atomic mass is 16.5. The lowest BCUT2D eigenvalue weighted by atomic mass is 10.1. The molecule has 23 heavy (non-hydrogen) atoms. The van der Waals surface area contributed by atoms with E-state index in [-0.39, 0.29) is 6.42 Å². The Morgan fingerprint density at radius 3 is 2.70 bits per heavy atom. The molecule has 0 aliphatic rings. The van der Waals surface area contributed by atoms with E-state index in [1.165, 1.54) is 0 Å². The lowest BCUT2D eigenvalue weighted by Gasteiger charge is -2.09. The standard InChI is InChI=1S/C17H15N3O3/c18-15(17(21)22)9-11-1-3-13(4-2-11)23-16-14-6-7-19-10-12(14)5-8-20-16/h1-8,10,15H,9,18H2,(H,21,22)/t15-/m0/s1. The van der Waals surface area contributed by atoms with Gasteiger partial charge >= 0.3 is 5.97 Å². The summed E-state index contributed by atoms with van der Waals surface area (Å²) in [5, 5.41) is 10.7. The predicted molar refractivity (Wildman–Crippen MR) is 85.4 cm³/mol. The Hall–Kier alpha value is -2.99. The fraction of sp³-hybridized carbons (Fsp3) is 0.118. The van der Waals surface area contributed by atoms with E-state index in [4.69, 9.17) is 15.6 Å². The molecule has 0 bridgehead atoms. The van der Waals surface area contributed by atoms with Crippen LogP contribution >= 0.6 is 0 Å². The third-order valence-electron chi connectivity index (χ3n) is 3.44. The zero-order valence-corrected chi connectivity index (χ0v) is 12.2. The Bertz CT molecular complexity index is 829. The lowest BCUT2D eigenvalue weighted by molar-refractivity contribution is -0.138. The van der Waals surface area contributed by atoms with Gasteiger partial charge < -0.3 is 15.6 Å². The first-order chi connectivity index (χ1) is 11.1. The van der Waals surface area contributed by atoms with Gasteiger partial charge in [0.15, 0.2) is 0 Å². The quantitative estimate of drug-likeness (QED) is 0.751. The van der Waals surface area contributed by atoms with Crippen LogP contribution in [0, 0.1) is 0 Å². The van der Waals surface area contributed by atoms with E-state index in [1.54, 1.807) is 42.9 Å². The Labute approximate surface area is 132 Å². The molecule has 2 aromatic heterocycles. The Morgan fingerprint density at radius 2 is 1.96 bits per heavy atom. The molecule has 0 aliphatic heterocycles. The minimum atomic E-state index is -1.01. The number of aliphatic carboxylic acids is 1. The topological polar surface area (TPSA) is 98.3 Å². The highest BCUT2D eigenvalue weighted by Gasteiger charge is 2.12. The molecule has 1 atom stereocenters. The van der Waals surface area contributed by atoms with E-state index >= 15 is 0 Å². The smallest absolute Gasteiger partial charge is 0.320 e. The highest BCUT2D eigenvalue weighted by Crippen LogP contribution is 2.27. The first-order valence-electron chi connectivity index (χ1n) is 7.07. The van der Waals surface area contributed by atoms with E-state index in [9.17, 15) is 4.79 Å². The molecular formula is C17H15N3O3. The average Bonchev–Trinajstić information content (AvgIpc) is 2.57. The number of nitrogens with two attached hydrogens (primary N) is 1. The van der Waals surface area contributed by atoms with Crippen molar-refractivity contribution in [1.29, 1.82) is 0 Å². The van der Waals surface area contributed by atoms with Crippen molar-refractivity contribution in [3.8, 4) is 11.6 Å². The lowest BCUT2D eigenvalue weighted by Crippen LogP contribution is -2.32. The van der Waals surface area contributed by atoms with Crippen LogP contribution in [-0.2, 0) is 11.2 Å². The van der Waals surface area contributed by atoms with Crippen LogP contribution in [0.15, 0.2) is 55.0 Å². The maximum absolute atomic E-state index is 10.8. The number of carbonyl (C=O) groups is 1. The predicted octanol–water partition coefficient (Wildman–Crippen LogP) is 2.38. The molecule has 1 aromatic carbocycles. The molecule has 0 aliphatic carbocycles. The van der Waals surface area contributed by atoms with Gasteiger partial charge in [0.25, 0.3) is 0 Å². The van der Waals surface area contributed by atoms with Crippen LogP contribution in [0.5, 0.6) is 11.6 Å². The summed E-state index contributed by atoms with van der Waals surface area (Å²) in [6.07, 6.45) is 5.38. The summed E-state index contributed by atoms with van der Waals surface area (Å²) < 4.78 is 5.81. The van der Waals surface area contributed by atoms with E-state index in [0.29, 0.717) is 11.6 Å². The van der Waals surface area contributed by atoms with Crippen molar-refractivity contribution in [2.24, 2.45) is 5.73 Å². The van der Waals surface area contributed by atoms with E-state index in [1.807, 2.05) is 12.1 Å². The number of hydrogen-bond acceptors (Lipinski definition) is 5. The van der Waals surface area contributed by atoms with Crippen molar-refractivity contribution in [1.82, 2.24) is 9.97 Å².